The first-order chi connectivity index (χ1) is 8.01. The zero-order valence-electron chi connectivity index (χ0n) is 11.2. The molecule has 1 heterocycles. The Kier molecular flexibility index (Phi) is 5.40. The van der Waals surface area contributed by atoms with Crippen molar-refractivity contribution in [2.75, 3.05) is 26.8 Å². The number of esters is 1. The standard InChI is InChI=1S/C13H25NO3/c1-13(2,12(16)17-3)10-14-8-5-4-6-11(14)7-9-15/h11,15H,4-10H2,1-3H3. The summed E-state index contributed by atoms with van der Waals surface area (Å²) in [6, 6.07) is 0.415. The highest BCUT2D eigenvalue weighted by Crippen LogP contribution is 2.26. The van der Waals surface area contributed by atoms with Gasteiger partial charge in [0.25, 0.3) is 0 Å². The van der Waals surface area contributed by atoms with E-state index in [2.05, 4.69) is 4.90 Å². The average molecular weight is 243 g/mol. The van der Waals surface area contributed by atoms with Crippen LogP contribution in [0.2, 0.25) is 0 Å². The Balaban J connectivity index is 2.60. The molecule has 0 aliphatic carbocycles. The van der Waals surface area contributed by atoms with Crippen LogP contribution in [0.3, 0.4) is 0 Å². The highest BCUT2D eigenvalue weighted by molar-refractivity contribution is 5.76. The van der Waals surface area contributed by atoms with Crippen molar-refractivity contribution >= 4 is 5.97 Å². The highest BCUT2D eigenvalue weighted by atomic mass is 16.5. The molecule has 0 saturated carbocycles. The number of piperidine rings is 1. The van der Waals surface area contributed by atoms with Gasteiger partial charge < -0.3 is 9.84 Å². The minimum Gasteiger partial charge on any atom is -0.469 e. The van der Waals surface area contributed by atoms with Crippen molar-refractivity contribution in [3.63, 3.8) is 0 Å². The molecule has 1 rings (SSSR count). The molecule has 0 amide bonds. The largest absolute Gasteiger partial charge is 0.469 e. The predicted octanol–water partition coefficient (Wildman–Crippen LogP) is 1.42. The molecule has 1 N–H and O–H groups in total. The van der Waals surface area contributed by atoms with Crippen molar-refractivity contribution in [3.8, 4) is 0 Å². The Morgan fingerprint density at radius 1 is 1.47 bits per heavy atom. The average Bonchev–Trinajstić information content (AvgIpc) is 2.30. The molecular formula is C13H25NO3. The van der Waals surface area contributed by atoms with Crippen LogP contribution in [0.1, 0.15) is 39.5 Å². The molecule has 0 aromatic heterocycles. The number of nitrogens with zero attached hydrogens (tertiary/aromatic N) is 1. The van der Waals surface area contributed by atoms with Gasteiger partial charge in [0.1, 0.15) is 0 Å². The number of aliphatic hydroxyl groups excluding tert-OH is 1. The van der Waals surface area contributed by atoms with E-state index in [4.69, 9.17) is 9.84 Å². The molecule has 0 radical (unpaired) electrons. The van der Waals surface area contributed by atoms with Gasteiger partial charge in [0.15, 0.2) is 0 Å². The van der Waals surface area contributed by atoms with E-state index in [0.717, 1.165) is 19.4 Å². The molecule has 1 atom stereocenters. The SMILES string of the molecule is COC(=O)C(C)(C)CN1CCCCC1CCO. The molecule has 100 valence electrons. The van der Waals surface area contributed by atoms with E-state index >= 15 is 0 Å². The third kappa shape index (κ3) is 3.96. The summed E-state index contributed by atoms with van der Waals surface area (Å²) in [7, 11) is 1.44. The lowest BCUT2D eigenvalue weighted by atomic mass is 9.89. The number of rotatable bonds is 5. The van der Waals surface area contributed by atoms with Crippen molar-refractivity contribution < 1.29 is 14.6 Å². The number of hydrogen-bond donors (Lipinski definition) is 1. The van der Waals surface area contributed by atoms with E-state index in [1.807, 2.05) is 13.8 Å². The van der Waals surface area contributed by atoms with Crippen LogP contribution < -0.4 is 0 Å². The van der Waals surface area contributed by atoms with Crippen molar-refractivity contribution in [1.29, 1.82) is 0 Å². The third-order valence-corrected chi connectivity index (χ3v) is 3.55. The second-order valence-electron chi connectivity index (χ2n) is 5.51. The summed E-state index contributed by atoms with van der Waals surface area (Å²) in [5.74, 6) is -0.161. The second kappa shape index (κ2) is 6.36. The van der Waals surface area contributed by atoms with E-state index in [-0.39, 0.29) is 12.6 Å². The Morgan fingerprint density at radius 2 is 2.18 bits per heavy atom. The first kappa shape index (κ1) is 14.5. The number of hydrogen-bond acceptors (Lipinski definition) is 4. The highest BCUT2D eigenvalue weighted by Gasteiger charge is 2.34. The number of methoxy groups -OCH3 is 1. The molecule has 1 aliphatic heterocycles. The monoisotopic (exact) mass is 243 g/mol. The van der Waals surface area contributed by atoms with Crippen molar-refractivity contribution in [1.82, 2.24) is 4.90 Å². The molecule has 17 heavy (non-hydrogen) atoms. The van der Waals surface area contributed by atoms with Gasteiger partial charge in [-0.1, -0.05) is 6.42 Å². The minimum absolute atomic E-state index is 0.161. The molecule has 1 fully saturated rings. The third-order valence-electron chi connectivity index (χ3n) is 3.55. The van der Waals surface area contributed by atoms with Crippen LogP contribution in [-0.2, 0) is 9.53 Å². The summed E-state index contributed by atoms with van der Waals surface area (Å²) in [6.45, 7) is 5.79. The molecule has 4 nitrogen and oxygen atoms in total. The van der Waals surface area contributed by atoms with Crippen LogP contribution >= 0.6 is 0 Å². The maximum atomic E-state index is 11.7. The van der Waals surface area contributed by atoms with Crippen LogP contribution in [0.15, 0.2) is 0 Å². The fourth-order valence-corrected chi connectivity index (χ4v) is 2.59. The first-order valence-electron chi connectivity index (χ1n) is 6.44. The summed E-state index contributed by atoms with van der Waals surface area (Å²) in [6.07, 6.45) is 4.33. The summed E-state index contributed by atoms with van der Waals surface area (Å²) in [5, 5.41) is 9.07. The van der Waals surface area contributed by atoms with Crippen LogP contribution in [0.4, 0.5) is 0 Å². The van der Waals surface area contributed by atoms with Crippen molar-refractivity contribution in [2.24, 2.45) is 5.41 Å². The van der Waals surface area contributed by atoms with Gasteiger partial charge >= 0.3 is 5.97 Å². The van der Waals surface area contributed by atoms with Crippen LogP contribution in [-0.4, -0.2) is 48.8 Å². The fraction of sp³-hybridized carbons (Fsp3) is 0.923. The lowest BCUT2D eigenvalue weighted by Crippen LogP contribution is -2.47. The first-order valence-corrected chi connectivity index (χ1v) is 6.44. The number of ether oxygens (including phenoxy) is 1. The molecule has 4 heteroatoms. The van der Waals surface area contributed by atoms with Gasteiger partial charge in [0, 0.05) is 19.2 Å². The Labute approximate surface area is 104 Å². The smallest absolute Gasteiger partial charge is 0.312 e. The van der Waals surface area contributed by atoms with Gasteiger partial charge in [0.05, 0.1) is 12.5 Å². The lowest BCUT2D eigenvalue weighted by Gasteiger charge is -2.39. The van der Waals surface area contributed by atoms with Crippen molar-refractivity contribution in [2.45, 2.75) is 45.6 Å². The zero-order chi connectivity index (χ0) is 12.9. The Hall–Kier alpha value is -0.610. The summed E-state index contributed by atoms with van der Waals surface area (Å²) in [4.78, 5) is 14.0. The Bertz CT molecular complexity index is 251. The molecule has 1 aliphatic rings. The number of aliphatic hydroxyl groups is 1. The van der Waals surface area contributed by atoms with Gasteiger partial charge in [-0.15, -0.1) is 0 Å². The zero-order valence-corrected chi connectivity index (χ0v) is 11.2. The lowest BCUT2D eigenvalue weighted by molar-refractivity contribution is -0.152. The van der Waals surface area contributed by atoms with Crippen LogP contribution in [0.25, 0.3) is 0 Å². The molecular weight excluding hydrogens is 218 g/mol. The minimum atomic E-state index is -0.472. The van der Waals surface area contributed by atoms with Crippen LogP contribution in [0.5, 0.6) is 0 Å². The van der Waals surface area contributed by atoms with E-state index in [1.165, 1.54) is 20.0 Å². The normalized spacial score (nSPS) is 22.5. The fourth-order valence-electron chi connectivity index (χ4n) is 2.59. The molecule has 0 spiro atoms. The van der Waals surface area contributed by atoms with E-state index in [0.29, 0.717) is 12.6 Å². The summed E-state index contributed by atoms with van der Waals surface area (Å²) in [5.41, 5.74) is -0.472. The maximum Gasteiger partial charge on any atom is 0.312 e. The second-order valence-corrected chi connectivity index (χ2v) is 5.51. The molecule has 1 saturated heterocycles. The number of carbonyl (C=O) groups is 1. The topological polar surface area (TPSA) is 49.8 Å². The predicted molar refractivity (Wildman–Crippen MR) is 66.7 cm³/mol. The van der Waals surface area contributed by atoms with E-state index in [9.17, 15) is 4.79 Å². The summed E-state index contributed by atoms with van der Waals surface area (Å²) < 4.78 is 4.84. The van der Waals surface area contributed by atoms with Gasteiger partial charge in [-0.3, -0.25) is 9.69 Å². The van der Waals surface area contributed by atoms with E-state index in [1.54, 1.807) is 0 Å². The quantitative estimate of drug-likeness (QED) is 0.742. The van der Waals surface area contributed by atoms with Gasteiger partial charge in [-0.05, 0) is 39.7 Å². The maximum absolute atomic E-state index is 11.7. The van der Waals surface area contributed by atoms with Crippen molar-refractivity contribution in [3.05, 3.63) is 0 Å². The van der Waals surface area contributed by atoms with Crippen LogP contribution in [0, 0.1) is 5.41 Å². The van der Waals surface area contributed by atoms with Gasteiger partial charge in [0.2, 0.25) is 0 Å². The molecule has 0 bridgehead atoms. The molecule has 1 unspecified atom stereocenters. The van der Waals surface area contributed by atoms with E-state index < -0.39 is 5.41 Å². The van der Waals surface area contributed by atoms with Gasteiger partial charge in [-0.25, -0.2) is 0 Å². The number of likely N-dealkylation sites (tertiary alicyclic amines) is 1. The Morgan fingerprint density at radius 3 is 2.76 bits per heavy atom. The molecule has 0 aromatic carbocycles. The molecule has 0 aromatic rings. The summed E-state index contributed by atoms with van der Waals surface area (Å²) >= 11 is 0. The number of carbonyl (C=O) groups excluding carboxylic acids is 1. The van der Waals surface area contributed by atoms with Gasteiger partial charge in [-0.2, -0.15) is 0 Å².